The third kappa shape index (κ3) is 4.77. The van der Waals surface area contributed by atoms with Crippen LogP contribution in [0.25, 0.3) is 0 Å². The molecule has 1 fully saturated rings. The molecule has 1 aliphatic heterocycles. The summed E-state index contributed by atoms with van der Waals surface area (Å²) in [5, 5.41) is 19.9. The first-order valence-electron chi connectivity index (χ1n) is 9.48. The number of aliphatic imine (C=N–C) groups is 1. The van der Waals surface area contributed by atoms with Crippen LogP contribution in [0.5, 0.6) is 0 Å². The quantitative estimate of drug-likeness (QED) is 0.385. The van der Waals surface area contributed by atoms with Crippen LogP contribution < -0.4 is 10.6 Å². The van der Waals surface area contributed by atoms with Crippen LogP contribution >= 0.6 is 24.0 Å². The van der Waals surface area contributed by atoms with Gasteiger partial charge in [0.2, 0.25) is 0 Å². The number of fused-ring (bicyclic) bond motifs is 1. The fourth-order valence-electron chi connectivity index (χ4n) is 3.68. The Labute approximate surface area is 176 Å². The summed E-state index contributed by atoms with van der Waals surface area (Å²) in [6.45, 7) is 3.29. The van der Waals surface area contributed by atoms with Gasteiger partial charge in [-0.1, -0.05) is 12.8 Å². The van der Waals surface area contributed by atoms with Crippen LogP contribution in [0, 0.1) is 6.92 Å². The van der Waals surface area contributed by atoms with Crippen molar-refractivity contribution in [3.8, 4) is 0 Å². The van der Waals surface area contributed by atoms with Crippen LogP contribution in [0.15, 0.2) is 11.3 Å². The summed E-state index contributed by atoms with van der Waals surface area (Å²) < 4.78 is 3.97. The highest BCUT2D eigenvalue weighted by Crippen LogP contribution is 2.18. The molecule has 0 radical (unpaired) electrons. The first-order chi connectivity index (χ1) is 12.7. The normalized spacial score (nSPS) is 20.2. The Hall–Kier alpha value is -1.72. The zero-order valence-corrected chi connectivity index (χ0v) is 18.3. The summed E-state index contributed by atoms with van der Waals surface area (Å²) in [6.07, 6.45) is 8.62. The molecule has 4 rings (SSSR count). The molecule has 0 saturated heterocycles. The Bertz CT molecular complexity index is 775. The van der Waals surface area contributed by atoms with Gasteiger partial charge in [-0.2, -0.15) is 5.10 Å². The van der Waals surface area contributed by atoms with Crippen LogP contribution in [0.3, 0.4) is 0 Å². The second-order valence-corrected chi connectivity index (χ2v) is 7.25. The summed E-state index contributed by atoms with van der Waals surface area (Å²) in [5.41, 5.74) is 0. The summed E-state index contributed by atoms with van der Waals surface area (Å²) in [4.78, 5) is 9.10. The molecule has 148 valence electrons. The Morgan fingerprint density at radius 3 is 2.70 bits per heavy atom. The molecule has 9 nitrogen and oxygen atoms in total. The molecular formula is C17H28IN9. The number of nitrogens with one attached hydrogen (secondary N) is 2. The van der Waals surface area contributed by atoms with Crippen LogP contribution in [0.2, 0.25) is 0 Å². The van der Waals surface area contributed by atoms with Gasteiger partial charge in [0.15, 0.2) is 11.8 Å². The lowest BCUT2D eigenvalue weighted by Crippen LogP contribution is -2.49. The summed E-state index contributed by atoms with van der Waals surface area (Å²) in [7, 11) is 1.98. The fourth-order valence-corrected chi connectivity index (χ4v) is 3.68. The van der Waals surface area contributed by atoms with Crippen molar-refractivity contribution in [2.45, 2.75) is 70.6 Å². The van der Waals surface area contributed by atoms with E-state index in [0.717, 1.165) is 42.8 Å². The minimum Gasteiger partial charge on any atom is -0.354 e. The van der Waals surface area contributed by atoms with Gasteiger partial charge in [-0.15, -0.1) is 34.2 Å². The average molecular weight is 485 g/mol. The smallest absolute Gasteiger partial charge is 0.192 e. The Morgan fingerprint density at radius 1 is 1.19 bits per heavy atom. The summed E-state index contributed by atoms with van der Waals surface area (Å²) in [5.74, 6) is 3.71. The summed E-state index contributed by atoms with van der Waals surface area (Å²) >= 11 is 0. The molecule has 2 aromatic rings. The number of halogens is 1. The van der Waals surface area contributed by atoms with Gasteiger partial charge in [0.05, 0.1) is 6.54 Å². The second kappa shape index (κ2) is 8.98. The number of hydrogen-bond acceptors (Lipinski definition) is 5. The number of guanidine groups is 1. The van der Waals surface area contributed by atoms with Crippen molar-refractivity contribution in [2.24, 2.45) is 12.0 Å². The topological polar surface area (TPSA) is 97.8 Å². The zero-order valence-electron chi connectivity index (χ0n) is 15.9. The Kier molecular flexibility index (Phi) is 6.66. The van der Waals surface area contributed by atoms with Crippen molar-refractivity contribution in [1.29, 1.82) is 0 Å². The minimum atomic E-state index is 0. The molecule has 1 aliphatic carbocycles. The van der Waals surface area contributed by atoms with E-state index in [0.29, 0.717) is 18.6 Å². The average Bonchev–Trinajstić information content (AvgIpc) is 3.37. The largest absolute Gasteiger partial charge is 0.354 e. The molecule has 0 bridgehead atoms. The molecule has 3 heterocycles. The lowest BCUT2D eigenvalue weighted by molar-refractivity contribution is 0.390. The molecule has 1 unspecified atom stereocenters. The molecule has 1 atom stereocenters. The van der Waals surface area contributed by atoms with Gasteiger partial charge in [0.1, 0.15) is 24.5 Å². The maximum Gasteiger partial charge on any atom is 0.192 e. The van der Waals surface area contributed by atoms with Crippen molar-refractivity contribution in [1.82, 2.24) is 40.2 Å². The lowest BCUT2D eigenvalue weighted by atomic mass is 10.1. The van der Waals surface area contributed by atoms with E-state index < -0.39 is 0 Å². The van der Waals surface area contributed by atoms with Gasteiger partial charge in [0.25, 0.3) is 0 Å². The van der Waals surface area contributed by atoms with E-state index in [4.69, 9.17) is 4.99 Å². The number of hydrogen-bond donors (Lipinski definition) is 2. The van der Waals surface area contributed by atoms with Gasteiger partial charge in [-0.05, 0) is 26.2 Å². The maximum atomic E-state index is 4.80. The number of aryl methyl sites for hydroxylation is 2. The monoisotopic (exact) mass is 485 g/mol. The highest BCUT2D eigenvalue weighted by atomic mass is 127. The number of rotatable bonds is 4. The highest BCUT2D eigenvalue weighted by Gasteiger charge is 2.22. The first-order valence-corrected chi connectivity index (χ1v) is 9.48. The molecule has 1 saturated carbocycles. The van der Waals surface area contributed by atoms with Crippen LogP contribution in [0.1, 0.15) is 49.6 Å². The standard InChI is InChI=1S/C17H27N9.HI/c1-12-23-24-16(25(12)2)9-18-17(21-13-5-3-4-6-13)22-14-7-8-15-19-11-20-26(15)10-14;/h11,13-14H,3-10H2,1-2H3,(H2,18,21,22);1H. The van der Waals surface area contributed by atoms with Crippen molar-refractivity contribution in [3.63, 3.8) is 0 Å². The molecule has 27 heavy (non-hydrogen) atoms. The van der Waals surface area contributed by atoms with Crippen molar-refractivity contribution in [2.75, 3.05) is 0 Å². The van der Waals surface area contributed by atoms with E-state index in [-0.39, 0.29) is 24.0 Å². The minimum absolute atomic E-state index is 0. The van der Waals surface area contributed by atoms with Gasteiger partial charge < -0.3 is 15.2 Å². The van der Waals surface area contributed by atoms with Gasteiger partial charge in [-0.3, -0.25) is 0 Å². The fraction of sp³-hybridized carbons (Fsp3) is 0.706. The molecular weight excluding hydrogens is 457 g/mol. The summed E-state index contributed by atoms with van der Waals surface area (Å²) in [6, 6.07) is 0.811. The van der Waals surface area contributed by atoms with Crippen LogP contribution in [-0.4, -0.2) is 47.6 Å². The molecule has 0 amide bonds. The van der Waals surface area contributed by atoms with Crippen LogP contribution in [-0.2, 0) is 26.6 Å². The Balaban J connectivity index is 0.00000210. The SMILES string of the molecule is Cc1nnc(CN=C(NC2CCCC2)NC2CCc3ncnn3C2)n1C.I. The van der Waals surface area contributed by atoms with Gasteiger partial charge >= 0.3 is 0 Å². The highest BCUT2D eigenvalue weighted by molar-refractivity contribution is 14.0. The molecule has 2 aromatic heterocycles. The van der Waals surface area contributed by atoms with E-state index >= 15 is 0 Å². The van der Waals surface area contributed by atoms with Crippen molar-refractivity contribution in [3.05, 3.63) is 23.8 Å². The molecule has 10 heteroatoms. The van der Waals surface area contributed by atoms with E-state index in [1.807, 2.05) is 23.2 Å². The lowest BCUT2D eigenvalue weighted by Gasteiger charge is -2.27. The first kappa shape index (κ1) is 20.0. The van der Waals surface area contributed by atoms with E-state index in [9.17, 15) is 0 Å². The zero-order chi connectivity index (χ0) is 17.9. The van der Waals surface area contributed by atoms with E-state index in [1.54, 1.807) is 6.33 Å². The maximum absolute atomic E-state index is 4.80. The molecule has 0 aromatic carbocycles. The number of aromatic nitrogens is 6. The van der Waals surface area contributed by atoms with E-state index in [2.05, 4.69) is 30.9 Å². The molecule has 2 aliphatic rings. The third-order valence-corrected chi connectivity index (χ3v) is 5.40. The Morgan fingerprint density at radius 2 is 1.96 bits per heavy atom. The predicted octanol–water partition coefficient (Wildman–Crippen LogP) is 1.33. The van der Waals surface area contributed by atoms with Gasteiger partial charge in [0, 0.05) is 25.6 Å². The van der Waals surface area contributed by atoms with Gasteiger partial charge in [-0.25, -0.2) is 14.7 Å². The van der Waals surface area contributed by atoms with Crippen molar-refractivity contribution >= 4 is 29.9 Å². The molecule has 0 spiro atoms. The predicted molar refractivity (Wildman–Crippen MR) is 113 cm³/mol. The third-order valence-electron chi connectivity index (χ3n) is 5.40. The van der Waals surface area contributed by atoms with Crippen LogP contribution in [0.4, 0.5) is 0 Å². The second-order valence-electron chi connectivity index (χ2n) is 7.25. The van der Waals surface area contributed by atoms with Crippen molar-refractivity contribution < 1.29 is 0 Å². The number of nitrogens with zero attached hydrogens (tertiary/aromatic N) is 7. The van der Waals surface area contributed by atoms with E-state index in [1.165, 1.54) is 25.7 Å². The molecule has 2 N–H and O–H groups in total.